The van der Waals surface area contributed by atoms with Crippen molar-refractivity contribution in [2.45, 2.75) is 59.5 Å². The first-order valence-corrected chi connectivity index (χ1v) is 6.60. The molecule has 100 valence electrons. The van der Waals surface area contributed by atoms with E-state index in [0.29, 0.717) is 12.3 Å². The van der Waals surface area contributed by atoms with Crippen LogP contribution in [0.3, 0.4) is 0 Å². The van der Waals surface area contributed by atoms with Gasteiger partial charge in [0.15, 0.2) is 0 Å². The summed E-state index contributed by atoms with van der Waals surface area (Å²) in [5, 5.41) is 3.21. The van der Waals surface area contributed by atoms with Crippen LogP contribution in [0.2, 0.25) is 0 Å². The highest BCUT2D eigenvalue weighted by Gasteiger charge is 2.29. The summed E-state index contributed by atoms with van der Waals surface area (Å²) < 4.78 is 5.57. The Morgan fingerprint density at radius 2 is 1.82 bits per heavy atom. The van der Waals surface area contributed by atoms with Gasteiger partial charge in [-0.3, -0.25) is 4.79 Å². The van der Waals surface area contributed by atoms with Crippen molar-refractivity contribution in [1.29, 1.82) is 0 Å². The van der Waals surface area contributed by atoms with Crippen LogP contribution in [0.25, 0.3) is 0 Å². The topological polar surface area (TPSA) is 38.3 Å². The molecule has 1 rings (SSSR count). The van der Waals surface area contributed by atoms with E-state index in [1.165, 1.54) is 0 Å². The molecule has 1 aliphatic rings. The van der Waals surface area contributed by atoms with E-state index in [4.69, 9.17) is 4.74 Å². The Morgan fingerprint density at radius 1 is 1.24 bits per heavy atom. The highest BCUT2D eigenvalue weighted by atomic mass is 16.6. The summed E-state index contributed by atoms with van der Waals surface area (Å²) in [6, 6.07) is 0. The molecule has 17 heavy (non-hydrogen) atoms. The zero-order valence-corrected chi connectivity index (χ0v) is 11.9. The lowest BCUT2D eigenvalue weighted by molar-refractivity contribution is -0.159. The van der Waals surface area contributed by atoms with Gasteiger partial charge in [-0.2, -0.15) is 0 Å². The third-order valence-corrected chi connectivity index (χ3v) is 2.97. The lowest BCUT2D eigenvalue weighted by Gasteiger charge is -2.32. The number of carbonyl (C=O) groups excluding carboxylic acids is 1. The van der Waals surface area contributed by atoms with Crippen molar-refractivity contribution in [2.24, 2.45) is 11.3 Å². The molecule has 0 unspecified atom stereocenters. The van der Waals surface area contributed by atoms with Crippen molar-refractivity contribution in [3.8, 4) is 0 Å². The van der Waals surface area contributed by atoms with Crippen LogP contribution < -0.4 is 5.32 Å². The number of rotatable bonds is 5. The van der Waals surface area contributed by atoms with Gasteiger partial charge in [-0.25, -0.2) is 0 Å². The molecule has 0 radical (unpaired) electrons. The van der Waals surface area contributed by atoms with Crippen LogP contribution in [0.15, 0.2) is 0 Å². The second kappa shape index (κ2) is 5.38. The van der Waals surface area contributed by atoms with Gasteiger partial charge in [-0.05, 0) is 51.1 Å². The van der Waals surface area contributed by atoms with Crippen molar-refractivity contribution in [2.75, 3.05) is 13.1 Å². The van der Waals surface area contributed by atoms with Crippen LogP contribution in [0.1, 0.15) is 53.9 Å². The van der Waals surface area contributed by atoms with Gasteiger partial charge in [0, 0.05) is 6.42 Å². The summed E-state index contributed by atoms with van der Waals surface area (Å²) in [6.45, 7) is 12.6. The lowest BCUT2D eigenvalue weighted by atomic mass is 9.83. The molecule has 3 heteroatoms. The molecule has 1 heterocycles. The Kier molecular flexibility index (Phi) is 4.59. The van der Waals surface area contributed by atoms with E-state index in [1.54, 1.807) is 0 Å². The Balaban J connectivity index is 2.27. The minimum Gasteiger partial charge on any atom is -0.460 e. The maximum Gasteiger partial charge on any atom is 0.306 e. The van der Waals surface area contributed by atoms with Crippen LogP contribution in [0.5, 0.6) is 0 Å². The average Bonchev–Trinajstić information content (AvgIpc) is 1.93. The Hall–Kier alpha value is -0.570. The second-order valence-electron chi connectivity index (χ2n) is 7.03. The third-order valence-electron chi connectivity index (χ3n) is 2.97. The van der Waals surface area contributed by atoms with Gasteiger partial charge in [0.25, 0.3) is 0 Å². The van der Waals surface area contributed by atoms with Crippen molar-refractivity contribution in [3.05, 3.63) is 0 Å². The first-order chi connectivity index (χ1) is 7.68. The van der Waals surface area contributed by atoms with E-state index in [1.807, 2.05) is 13.8 Å². The molecule has 1 saturated heterocycles. The summed E-state index contributed by atoms with van der Waals surface area (Å²) in [5.74, 6) is 0.624. The molecule has 1 aliphatic heterocycles. The van der Waals surface area contributed by atoms with Gasteiger partial charge in [-0.15, -0.1) is 0 Å². The molecule has 0 spiro atoms. The Bertz CT molecular complexity index is 262. The first-order valence-electron chi connectivity index (χ1n) is 6.60. The number of nitrogens with one attached hydrogen (secondary N) is 1. The predicted molar refractivity (Wildman–Crippen MR) is 69.8 cm³/mol. The maximum absolute atomic E-state index is 11.7. The van der Waals surface area contributed by atoms with E-state index in [9.17, 15) is 4.79 Å². The monoisotopic (exact) mass is 241 g/mol. The fourth-order valence-corrected chi connectivity index (χ4v) is 2.55. The summed E-state index contributed by atoms with van der Waals surface area (Å²) in [4.78, 5) is 11.7. The molecule has 0 aromatic rings. The molecule has 0 aromatic carbocycles. The zero-order valence-electron chi connectivity index (χ0n) is 11.9. The Morgan fingerprint density at radius 3 is 2.24 bits per heavy atom. The first kappa shape index (κ1) is 14.5. The molecule has 1 fully saturated rings. The smallest absolute Gasteiger partial charge is 0.306 e. The molecule has 0 bridgehead atoms. The van der Waals surface area contributed by atoms with Crippen LogP contribution in [-0.4, -0.2) is 24.7 Å². The molecule has 0 atom stereocenters. The number of esters is 1. The van der Waals surface area contributed by atoms with Crippen LogP contribution in [0, 0.1) is 11.3 Å². The van der Waals surface area contributed by atoms with Gasteiger partial charge in [0.2, 0.25) is 0 Å². The number of carbonyl (C=O) groups is 1. The molecule has 0 aromatic heterocycles. The number of hydrogen-bond donors (Lipinski definition) is 1. The normalized spacial score (nSPS) is 17.7. The van der Waals surface area contributed by atoms with E-state index < -0.39 is 0 Å². The lowest BCUT2D eigenvalue weighted by Crippen LogP contribution is -2.42. The van der Waals surface area contributed by atoms with Crippen LogP contribution >= 0.6 is 0 Å². The zero-order chi connectivity index (χ0) is 13.1. The summed E-state index contributed by atoms with van der Waals surface area (Å²) >= 11 is 0. The SMILES string of the molecule is CC(C)(C)CC(C)(C)OC(=O)CCC1CNC1. The van der Waals surface area contributed by atoms with E-state index in [0.717, 1.165) is 25.9 Å². The predicted octanol–water partition coefficient (Wildman–Crippen LogP) is 2.74. The van der Waals surface area contributed by atoms with Gasteiger partial charge >= 0.3 is 5.97 Å². The highest BCUT2D eigenvalue weighted by Crippen LogP contribution is 2.29. The molecule has 0 saturated carbocycles. The number of hydrogen-bond acceptors (Lipinski definition) is 3. The fourth-order valence-electron chi connectivity index (χ4n) is 2.55. The van der Waals surface area contributed by atoms with Crippen molar-refractivity contribution < 1.29 is 9.53 Å². The molecule has 0 amide bonds. The highest BCUT2D eigenvalue weighted by molar-refractivity contribution is 5.69. The quantitative estimate of drug-likeness (QED) is 0.752. The Labute approximate surface area is 105 Å². The molecule has 0 aliphatic carbocycles. The molecule has 1 N–H and O–H groups in total. The standard InChI is InChI=1S/C14H27NO2/c1-13(2,3)10-14(4,5)17-12(16)7-6-11-8-15-9-11/h11,15H,6-10H2,1-5H3. The average molecular weight is 241 g/mol. The van der Waals surface area contributed by atoms with Crippen LogP contribution in [-0.2, 0) is 9.53 Å². The summed E-state index contributed by atoms with van der Waals surface area (Å²) in [7, 11) is 0. The fraction of sp³-hybridized carbons (Fsp3) is 0.929. The minimum absolute atomic E-state index is 0.0499. The van der Waals surface area contributed by atoms with Crippen molar-refractivity contribution >= 4 is 5.97 Å². The van der Waals surface area contributed by atoms with Crippen molar-refractivity contribution in [3.63, 3.8) is 0 Å². The van der Waals surface area contributed by atoms with Gasteiger partial charge in [-0.1, -0.05) is 20.8 Å². The van der Waals surface area contributed by atoms with Crippen molar-refractivity contribution in [1.82, 2.24) is 5.32 Å². The molecular weight excluding hydrogens is 214 g/mol. The third kappa shape index (κ3) is 6.06. The number of ether oxygens (including phenoxy) is 1. The van der Waals surface area contributed by atoms with E-state index >= 15 is 0 Å². The van der Waals surface area contributed by atoms with Gasteiger partial charge in [0.1, 0.15) is 5.60 Å². The van der Waals surface area contributed by atoms with Gasteiger partial charge in [0.05, 0.1) is 0 Å². The maximum atomic E-state index is 11.7. The largest absolute Gasteiger partial charge is 0.460 e. The molecule has 3 nitrogen and oxygen atoms in total. The summed E-state index contributed by atoms with van der Waals surface area (Å²) in [6.07, 6.45) is 2.40. The van der Waals surface area contributed by atoms with Crippen LogP contribution in [0.4, 0.5) is 0 Å². The minimum atomic E-state index is -0.354. The summed E-state index contributed by atoms with van der Waals surface area (Å²) in [5.41, 5.74) is -0.172. The van der Waals surface area contributed by atoms with E-state index in [-0.39, 0.29) is 17.0 Å². The molecular formula is C14H27NO2. The second-order valence-corrected chi connectivity index (χ2v) is 7.03. The van der Waals surface area contributed by atoms with E-state index in [2.05, 4.69) is 26.1 Å². The van der Waals surface area contributed by atoms with Gasteiger partial charge < -0.3 is 10.1 Å².